The second kappa shape index (κ2) is 6.61. The van der Waals surface area contributed by atoms with Gasteiger partial charge in [0.05, 0.1) is 11.2 Å². The van der Waals surface area contributed by atoms with E-state index in [-0.39, 0.29) is 29.9 Å². The van der Waals surface area contributed by atoms with Gasteiger partial charge in [-0.15, -0.1) is 0 Å². The van der Waals surface area contributed by atoms with Crippen LogP contribution in [0.15, 0.2) is 16.9 Å². The van der Waals surface area contributed by atoms with E-state index >= 15 is 0 Å². The quantitative estimate of drug-likeness (QED) is 0.805. The number of anilines is 1. The number of nitriles is 2. The van der Waals surface area contributed by atoms with Crippen LogP contribution in [0.3, 0.4) is 0 Å². The molecule has 2 atom stereocenters. The van der Waals surface area contributed by atoms with Crippen molar-refractivity contribution in [2.24, 2.45) is 7.05 Å². The summed E-state index contributed by atoms with van der Waals surface area (Å²) in [6.45, 7) is 4.15. The molecule has 0 spiro atoms. The predicted molar refractivity (Wildman–Crippen MR) is 97.4 cm³/mol. The molecular formula is C18H18N6O3. The van der Waals surface area contributed by atoms with Gasteiger partial charge in [0.2, 0.25) is 0 Å². The Morgan fingerprint density at radius 2 is 1.93 bits per heavy atom. The van der Waals surface area contributed by atoms with E-state index in [9.17, 15) is 25.2 Å². The van der Waals surface area contributed by atoms with Gasteiger partial charge >= 0.3 is 6.09 Å². The highest BCUT2D eigenvalue weighted by Gasteiger charge is 2.35. The number of rotatable bonds is 1. The third-order valence-electron chi connectivity index (χ3n) is 4.96. The van der Waals surface area contributed by atoms with Crippen LogP contribution in [0.2, 0.25) is 0 Å². The molecule has 2 aromatic rings. The largest absolute Gasteiger partial charge is 0.465 e. The molecule has 1 fully saturated rings. The first-order valence-corrected chi connectivity index (χ1v) is 8.40. The Hall–Kier alpha value is -3.59. The van der Waals surface area contributed by atoms with Gasteiger partial charge in [-0.05, 0) is 26.0 Å². The van der Waals surface area contributed by atoms with Gasteiger partial charge in [0.1, 0.15) is 28.9 Å². The standard InChI is InChI=1S/C18H18N6O3/c1-10-9-24(18(26)27)11(2)8-23(10)16-13(7-20)17(25)22(3)14-5-4-12(6-19)21-15(14)16/h4-5,10-11H,8-9H2,1-3H3,(H,26,27)/t10-,11+/m0/s1. The third-order valence-corrected chi connectivity index (χ3v) is 4.96. The van der Waals surface area contributed by atoms with Crippen LogP contribution in [0.25, 0.3) is 11.0 Å². The topological polar surface area (TPSA) is 126 Å². The Kier molecular flexibility index (Phi) is 4.46. The minimum atomic E-state index is -1.01. The van der Waals surface area contributed by atoms with Crippen molar-refractivity contribution in [1.82, 2.24) is 14.5 Å². The van der Waals surface area contributed by atoms with E-state index in [0.717, 1.165) is 0 Å². The summed E-state index contributed by atoms with van der Waals surface area (Å²) in [6, 6.07) is 6.50. The van der Waals surface area contributed by atoms with Crippen LogP contribution >= 0.6 is 0 Å². The maximum Gasteiger partial charge on any atom is 0.407 e. The van der Waals surface area contributed by atoms with Gasteiger partial charge in [-0.25, -0.2) is 9.78 Å². The Morgan fingerprint density at radius 1 is 1.22 bits per heavy atom. The molecule has 0 aliphatic carbocycles. The van der Waals surface area contributed by atoms with E-state index in [2.05, 4.69) is 4.98 Å². The number of carboxylic acid groups (broad SMARTS) is 1. The smallest absolute Gasteiger partial charge is 0.407 e. The molecule has 2 aromatic heterocycles. The number of amides is 1. The van der Waals surface area contributed by atoms with Gasteiger partial charge in [0.15, 0.2) is 0 Å². The number of hydrogen-bond acceptors (Lipinski definition) is 6. The first-order valence-electron chi connectivity index (χ1n) is 8.40. The molecule has 9 heteroatoms. The zero-order valence-corrected chi connectivity index (χ0v) is 15.2. The molecule has 0 saturated carbocycles. The highest BCUT2D eigenvalue weighted by atomic mass is 16.4. The molecule has 0 aromatic carbocycles. The fourth-order valence-corrected chi connectivity index (χ4v) is 3.54. The van der Waals surface area contributed by atoms with Crippen molar-refractivity contribution >= 4 is 22.8 Å². The molecule has 27 heavy (non-hydrogen) atoms. The van der Waals surface area contributed by atoms with Crippen LogP contribution in [-0.2, 0) is 7.05 Å². The summed E-state index contributed by atoms with van der Waals surface area (Å²) in [5.41, 5.74) is 0.916. The molecule has 9 nitrogen and oxygen atoms in total. The summed E-state index contributed by atoms with van der Waals surface area (Å²) in [6.07, 6.45) is -1.01. The van der Waals surface area contributed by atoms with Gasteiger partial charge in [-0.2, -0.15) is 10.5 Å². The number of aryl methyl sites for hydroxylation is 1. The highest BCUT2D eigenvalue weighted by Crippen LogP contribution is 2.31. The van der Waals surface area contributed by atoms with Crippen molar-refractivity contribution in [2.75, 3.05) is 18.0 Å². The minimum absolute atomic E-state index is 0.0598. The monoisotopic (exact) mass is 366 g/mol. The van der Waals surface area contributed by atoms with E-state index in [4.69, 9.17) is 0 Å². The summed E-state index contributed by atoms with van der Waals surface area (Å²) in [4.78, 5) is 31.7. The summed E-state index contributed by atoms with van der Waals surface area (Å²) >= 11 is 0. The number of pyridine rings is 2. The van der Waals surface area contributed by atoms with E-state index in [1.165, 1.54) is 15.5 Å². The zero-order chi connectivity index (χ0) is 19.9. The first-order chi connectivity index (χ1) is 12.8. The molecule has 1 saturated heterocycles. The second-order valence-electron chi connectivity index (χ2n) is 6.66. The van der Waals surface area contributed by atoms with Crippen molar-refractivity contribution in [3.8, 4) is 12.1 Å². The number of aromatic nitrogens is 2. The van der Waals surface area contributed by atoms with Gasteiger partial charge in [0.25, 0.3) is 5.56 Å². The number of fused-ring (bicyclic) bond motifs is 1. The maximum atomic E-state index is 12.7. The molecular weight excluding hydrogens is 348 g/mol. The van der Waals surface area contributed by atoms with Crippen molar-refractivity contribution in [3.05, 3.63) is 33.7 Å². The molecule has 138 valence electrons. The minimum Gasteiger partial charge on any atom is -0.465 e. The molecule has 1 amide bonds. The second-order valence-corrected chi connectivity index (χ2v) is 6.66. The lowest BCUT2D eigenvalue weighted by atomic mass is 10.0. The fourth-order valence-electron chi connectivity index (χ4n) is 3.54. The SMILES string of the molecule is C[C@@H]1CN(c2c(C#N)c(=O)n(C)c3ccc(C#N)nc23)[C@@H](C)CN1C(=O)O. The Labute approximate surface area is 155 Å². The van der Waals surface area contributed by atoms with Gasteiger partial charge < -0.3 is 19.5 Å². The zero-order valence-electron chi connectivity index (χ0n) is 15.2. The molecule has 1 N–H and O–H groups in total. The van der Waals surface area contributed by atoms with Crippen molar-refractivity contribution in [3.63, 3.8) is 0 Å². The van der Waals surface area contributed by atoms with Crippen LogP contribution in [0.4, 0.5) is 10.5 Å². The van der Waals surface area contributed by atoms with Crippen molar-refractivity contribution in [2.45, 2.75) is 25.9 Å². The Balaban J connectivity index is 2.29. The van der Waals surface area contributed by atoms with Crippen molar-refractivity contribution < 1.29 is 9.90 Å². The molecule has 0 bridgehead atoms. The van der Waals surface area contributed by atoms with Crippen LogP contribution in [0, 0.1) is 22.7 Å². The average molecular weight is 366 g/mol. The van der Waals surface area contributed by atoms with Crippen LogP contribution in [0.1, 0.15) is 25.1 Å². The lowest BCUT2D eigenvalue weighted by Crippen LogP contribution is -2.58. The Bertz CT molecular complexity index is 1080. The molecule has 3 heterocycles. The number of nitrogens with zero attached hydrogens (tertiary/aromatic N) is 6. The van der Waals surface area contributed by atoms with Crippen molar-refractivity contribution in [1.29, 1.82) is 10.5 Å². The molecule has 0 radical (unpaired) electrons. The lowest BCUT2D eigenvalue weighted by Gasteiger charge is -2.44. The van der Waals surface area contributed by atoms with Crippen LogP contribution < -0.4 is 10.5 Å². The third kappa shape index (κ3) is 2.83. The van der Waals surface area contributed by atoms with Crippen LogP contribution in [0.5, 0.6) is 0 Å². The average Bonchev–Trinajstić information content (AvgIpc) is 2.65. The summed E-state index contributed by atoms with van der Waals surface area (Å²) in [5, 5.41) is 28.2. The predicted octanol–water partition coefficient (Wildman–Crippen LogP) is 1.25. The number of carbonyl (C=O) groups is 1. The number of hydrogen-bond donors (Lipinski definition) is 1. The van der Waals surface area contributed by atoms with Gasteiger partial charge in [-0.1, -0.05) is 0 Å². The molecule has 0 unspecified atom stereocenters. The summed E-state index contributed by atoms with van der Waals surface area (Å²) in [7, 11) is 1.55. The Morgan fingerprint density at radius 3 is 2.52 bits per heavy atom. The molecule has 3 rings (SSSR count). The van der Waals surface area contributed by atoms with Gasteiger partial charge in [-0.3, -0.25) is 4.79 Å². The normalized spacial score (nSPS) is 19.6. The lowest BCUT2D eigenvalue weighted by molar-refractivity contribution is 0.114. The van der Waals surface area contributed by atoms with E-state index in [1.807, 2.05) is 24.0 Å². The van der Waals surface area contributed by atoms with E-state index < -0.39 is 11.7 Å². The summed E-state index contributed by atoms with van der Waals surface area (Å²) in [5.74, 6) is 0. The number of piperazine rings is 1. The first kappa shape index (κ1) is 18.2. The van der Waals surface area contributed by atoms with Gasteiger partial charge in [0, 0.05) is 32.2 Å². The molecule has 1 aliphatic heterocycles. The summed E-state index contributed by atoms with van der Waals surface area (Å²) < 4.78 is 1.34. The molecule has 1 aliphatic rings. The van der Waals surface area contributed by atoms with E-state index in [1.54, 1.807) is 20.0 Å². The van der Waals surface area contributed by atoms with Crippen LogP contribution in [-0.4, -0.2) is 50.8 Å². The maximum absolute atomic E-state index is 12.7. The highest BCUT2D eigenvalue weighted by molar-refractivity contribution is 5.92. The van der Waals surface area contributed by atoms with E-state index in [0.29, 0.717) is 23.3 Å². The fraction of sp³-hybridized carbons (Fsp3) is 0.389.